The zero-order valence-electron chi connectivity index (χ0n) is 21.7. The number of hydrogen-bond acceptors (Lipinski definition) is 7. The van der Waals surface area contributed by atoms with Crippen LogP contribution in [-0.4, -0.2) is 29.7 Å². The van der Waals surface area contributed by atoms with Crippen LogP contribution < -0.4 is 15.8 Å². The van der Waals surface area contributed by atoms with E-state index in [0.29, 0.717) is 25.4 Å². The number of aryl methyl sites for hydroxylation is 1. The predicted octanol–water partition coefficient (Wildman–Crippen LogP) is 6.62. The molecule has 1 fully saturated rings. The summed E-state index contributed by atoms with van der Waals surface area (Å²) in [6.07, 6.45) is 3.49. The minimum atomic E-state index is -0.301. The Hall–Kier alpha value is -3.20. The quantitative estimate of drug-likeness (QED) is 0.259. The second kappa shape index (κ2) is 10.2. The Bertz CT molecular complexity index is 1530. The molecular formula is C30H30N4O2S2. The number of morpholine rings is 1. The first-order valence-electron chi connectivity index (χ1n) is 12.8. The molecule has 2 aromatic carbocycles. The fraction of sp³-hybridized carbons (Fsp3) is 0.267. The largest absolute Gasteiger partial charge is 0.374 e. The number of H-pyrrole nitrogens is 1. The van der Waals surface area contributed by atoms with Crippen LogP contribution in [0, 0.1) is 6.92 Å². The van der Waals surface area contributed by atoms with Gasteiger partial charge >= 0.3 is 0 Å². The number of nitrogens with zero attached hydrogens (tertiary/aromatic N) is 2. The van der Waals surface area contributed by atoms with Crippen molar-refractivity contribution < 1.29 is 4.74 Å². The Labute approximate surface area is 231 Å². The van der Waals surface area contributed by atoms with Gasteiger partial charge in [0.15, 0.2) is 0 Å². The fourth-order valence-corrected chi connectivity index (χ4v) is 7.38. The number of ether oxygens (including phenoxy) is 1. The third-order valence-electron chi connectivity index (χ3n) is 6.94. The molecule has 0 radical (unpaired) electrons. The summed E-state index contributed by atoms with van der Waals surface area (Å²) in [5.41, 5.74) is 4.75. The van der Waals surface area contributed by atoms with Gasteiger partial charge in [0.05, 0.1) is 17.8 Å². The number of hydrogen-bond donors (Lipinski definition) is 2. The Morgan fingerprint density at radius 2 is 1.95 bits per heavy atom. The van der Waals surface area contributed by atoms with Gasteiger partial charge in [-0.1, -0.05) is 41.7 Å². The summed E-state index contributed by atoms with van der Waals surface area (Å²) in [4.78, 5) is 26.9. The zero-order valence-corrected chi connectivity index (χ0v) is 23.3. The normalized spacial score (nSPS) is 17.0. The van der Waals surface area contributed by atoms with E-state index in [-0.39, 0.29) is 17.2 Å². The molecule has 0 bridgehead atoms. The maximum atomic E-state index is 12.4. The van der Waals surface area contributed by atoms with E-state index in [0.717, 1.165) is 16.9 Å². The van der Waals surface area contributed by atoms with Gasteiger partial charge in [-0.25, -0.2) is 0 Å². The standard InChI is InChI=1S/C30H30N4O2S2/c1-19-9-12-27(32-17-19)30(2,3)33-20-10-11-24-26(16-20)37-25-8-4-6-21(28(25)38-24)23-18-34(14-15-36-23)22-7-5-13-31-29(22)35/h4-13,16-17,23,33H,14-15,18H2,1-3H3,(H,31,35). The van der Waals surface area contributed by atoms with Gasteiger partial charge in [0.2, 0.25) is 0 Å². The number of nitrogens with one attached hydrogen (secondary N) is 2. The van der Waals surface area contributed by atoms with Gasteiger partial charge < -0.3 is 19.9 Å². The molecule has 194 valence electrons. The number of aromatic amines is 1. The van der Waals surface area contributed by atoms with Gasteiger partial charge in [-0.2, -0.15) is 0 Å². The predicted molar refractivity (Wildman–Crippen MR) is 155 cm³/mol. The molecule has 0 amide bonds. The number of fused-ring (bicyclic) bond motifs is 2. The maximum Gasteiger partial charge on any atom is 0.271 e. The van der Waals surface area contributed by atoms with Crippen LogP contribution in [0.3, 0.4) is 0 Å². The third-order valence-corrected chi connectivity index (χ3v) is 9.56. The Morgan fingerprint density at radius 3 is 2.76 bits per heavy atom. The second-order valence-corrected chi connectivity index (χ2v) is 12.3. The molecular weight excluding hydrogens is 512 g/mol. The highest BCUT2D eigenvalue weighted by molar-refractivity contribution is 8.05. The second-order valence-electron chi connectivity index (χ2n) is 10.2. The van der Waals surface area contributed by atoms with Gasteiger partial charge in [-0.3, -0.25) is 9.78 Å². The fourth-order valence-electron chi connectivity index (χ4n) is 4.93. The minimum absolute atomic E-state index is 0.0622. The van der Waals surface area contributed by atoms with E-state index in [9.17, 15) is 4.79 Å². The lowest BCUT2D eigenvalue weighted by Crippen LogP contribution is -2.41. The van der Waals surface area contributed by atoms with Gasteiger partial charge in [0.1, 0.15) is 11.8 Å². The first-order valence-corrected chi connectivity index (χ1v) is 14.4. The Balaban J connectivity index is 1.23. The van der Waals surface area contributed by atoms with Crippen molar-refractivity contribution in [2.24, 2.45) is 0 Å². The molecule has 0 saturated carbocycles. The molecule has 4 aromatic rings. The summed E-state index contributed by atoms with van der Waals surface area (Å²) in [7, 11) is 0. The number of benzene rings is 2. The number of aromatic nitrogens is 2. The Kier molecular flexibility index (Phi) is 6.72. The van der Waals surface area contributed by atoms with Crippen LogP contribution in [-0.2, 0) is 10.3 Å². The van der Waals surface area contributed by atoms with Gasteiger partial charge in [-0.05, 0) is 74.4 Å². The lowest BCUT2D eigenvalue weighted by atomic mass is 9.99. The van der Waals surface area contributed by atoms with Crippen LogP contribution in [0.5, 0.6) is 0 Å². The first-order chi connectivity index (χ1) is 18.4. The average Bonchev–Trinajstić information content (AvgIpc) is 2.92. The highest BCUT2D eigenvalue weighted by atomic mass is 32.2. The van der Waals surface area contributed by atoms with Crippen LogP contribution in [0.4, 0.5) is 11.4 Å². The molecule has 0 spiro atoms. The van der Waals surface area contributed by atoms with Crippen LogP contribution in [0.1, 0.15) is 36.8 Å². The molecule has 1 unspecified atom stereocenters. The molecule has 38 heavy (non-hydrogen) atoms. The van der Waals surface area contributed by atoms with E-state index in [2.05, 4.69) is 89.5 Å². The maximum absolute atomic E-state index is 12.4. The first kappa shape index (κ1) is 25.1. The molecule has 2 aliphatic rings. The van der Waals surface area contributed by atoms with Crippen LogP contribution in [0.2, 0.25) is 0 Å². The summed E-state index contributed by atoms with van der Waals surface area (Å²) >= 11 is 3.60. The van der Waals surface area contributed by atoms with Crippen LogP contribution in [0.25, 0.3) is 0 Å². The molecule has 6 nitrogen and oxygen atoms in total. The molecule has 2 aliphatic heterocycles. The van der Waals surface area contributed by atoms with Crippen molar-refractivity contribution in [3.05, 3.63) is 100 Å². The van der Waals surface area contributed by atoms with Crippen molar-refractivity contribution in [2.75, 3.05) is 29.9 Å². The number of rotatable bonds is 5. The number of pyridine rings is 2. The molecule has 8 heteroatoms. The van der Waals surface area contributed by atoms with Crippen molar-refractivity contribution in [1.82, 2.24) is 9.97 Å². The van der Waals surface area contributed by atoms with Gasteiger partial charge in [0, 0.05) is 50.8 Å². The molecule has 2 N–H and O–H groups in total. The Morgan fingerprint density at radius 1 is 1.05 bits per heavy atom. The summed E-state index contributed by atoms with van der Waals surface area (Å²) in [5.74, 6) is 0. The lowest BCUT2D eigenvalue weighted by molar-refractivity contribution is 0.0378. The molecule has 4 heterocycles. The SMILES string of the molecule is Cc1ccc(C(C)(C)Nc2ccc3c(c2)Sc2cccc(C4CN(c5ccc[nH]c5=O)CCO4)c2S3)nc1. The summed E-state index contributed by atoms with van der Waals surface area (Å²) < 4.78 is 6.24. The van der Waals surface area contributed by atoms with Crippen molar-refractivity contribution in [1.29, 1.82) is 0 Å². The van der Waals surface area contributed by atoms with Crippen molar-refractivity contribution in [3.8, 4) is 0 Å². The van der Waals surface area contributed by atoms with E-state index < -0.39 is 0 Å². The summed E-state index contributed by atoms with van der Waals surface area (Å²) in [6.45, 7) is 8.30. The topological polar surface area (TPSA) is 70.2 Å². The van der Waals surface area contributed by atoms with Crippen LogP contribution in [0.15, 0.2) is 97.4 Å². The minimum Gasteiger partial charge on any atom is -0.374 e. The van der Waals surface area contributed by atoms with Crippen molar-refractivity contribution in [2.45, 2.75) is 52.0 Å². The lowest BCUT2D eigenvalue weighted by Gasteiger charge is -2.35. The van der Waals surface area contributed by atoms with Gasteiger partial charge in [-0.15, -0.1) is 0 Å². The highest BCUT2D eigenvalue weighted by Gasteiger charge is 2.29. The molecule has 1 atom stereocenters. The summed E-state index contributed by atoms with van der Waals surface area (Å²) in [5, 5.41) is 3.68. The third kappa shape index (κ3) is 4.96. The molecule has 2 aromatic heterocycles. The van der Waals surface area contributed by atoms with Crippen LogP contribution >= 0.6 is 23.5 Å². The average molecular weight is 543 g/mol. The van der Waals surface area contributed by atoms with E-state index >= 15 is 0 Å². The molecule has 0 aliphatic carbocycles. The van der Waals surface area contributed by atoms with Crippen molar-refractivity contribution >= 4 is 34.9 Å². The number of anilines is 2. The highest BCUT2D eigenvalue weighted by Crippen LogP contribution is 2.52. The van der Waals surface area contributed by atoms with E-state index in [1.54, 1.807) is 29.7 Å². The van der Waals surface area contributed by atoms with Crippen molar-refractivity contribution in [3.63, 3.8) is 0 Å². The smallest absolute Gasteiger partial charge is 0.271 e. The van der Waals surface area contributed by atoms with E-state index in [1.165, 1.54) is 25.1 Å². The zero-order chi connectivity index (χ0) is 26.3. The van der Waals surface area contributed by atoms with E-state index in [1.807, 2.05) is 18.3 Å². The summed E-state index contributed by atoms with van der Waals surface area (Å²) in [6, 6.07) is 21.0. The monoisotopic (exact) mass is 542 g/mol. The van der Waals surface area contributed by atoms with Gasteiger partial charge in [0.25, 0.3) is 5.56 Å². The van der Waals surface area contributed by atoms with E-state index in [4.69, 9.17) is 4.74 Å². The molecule has 1 saturated heterocycles. The molecule has 6 rings (SSSR count).